The molecule has 6 heteroatoms. The average Bonchev–Trinajstić information content (AvgIpc) is 3.31. The van der Waals surface area contributed by atoms with E-state index in [0.717, 1.165) is 5.56 Å². The van der Waals surface area contributed by atoms with E-state index in [0.29, 0.717) is 28.5 Å². The highest BCUT2D eigenvalue weighted by molar-refractivity contribution is 6.08. The predicted octanol–water partition coefficient (Wildman–Crippen LogP) is 4.69. The number of carbonyl (C=O) groups is 2. The molecule has 154 valence electrons. The maximum absolute atomic E-state index is 12.4. The highest BCUT2D eigenvalue weighted by atomic mass is 16.6. The van der Waals surface area contributed by atoms with Gasteiger partial charge in [-0.15, -0.1) is 0 Å². The second kappa shape index (κ2) is 9.54. The summed E-state index contributed by atoms with van der Waals surface area (Å²) in [7, 11) is 0. The molecular weight excluding hydrogens is 394 g/mol. The summed E-state index contributed by atoms with van der Waals surface area (Å²) in [6.07, 6.45) is 1.59. The van der Waals surface area contributed by atoms with Crippen LogP contribution in [0.2, 0.25) is 0 Å². The highest BCUT2D eigenvalue weighted by Crippen LogP contribution is 2.20. The second-order valence-corrected chi connectivity index (χ2v) is 6.65. The summed E-state index contributed by atoms with van der Waals surface area (Å²) in [4.78, 5) is 28.5. The molecule has 0 atom stereocenters. The fourth-order valence-corrected chi connectivity index (χ4v) is 2.90. The summed E-state index contributed by atoms with van der Waals surface area (Å²) >= 11 is 0. The monoisotopic (exact) mass is 413 g/mol. The van der Waals surface area contributed by atoms with Gasteiger partial charge in [0.1, 0.15) is 5.75 Å². The van der Waals surface area contributed by atoms with Crippen LogP contribution in [0.3, 0.4) is 0 Å². The minimum atomic E-state index is -0.552. The number of ketones is 1. The summed E-state index contributed by atoms with van der Waals surface area (Å²) in [5, 5.41) is 0. The van der Waals surface area contributed by atoms with Crippen LogP contribution in [0, 0.1) is 0 Å². The lowest BCUT2D eigenvalue weighted by Gasteiger charge is -2.07. The van der Waals surface area contributed by atoms with Crippen LogP contribution in [-0.2, 0) is 16.1 Å². The van der Waals surface area contributed by atoms with E-state index in [-0.39, 0.29) is 19.0 Å². The molecule has 4 aromatic rings. The van der Waals surface area contributed by atoms with Crippen LogP contribution in [-0.4, -0.2) is 23.3 Å². The summed E-state index contributed by atoms with van der Waals surface area (Å²) < 4.78 is 16.2. The Morgan fingerprint density at radius 3 is 2.16 bits per heavy atom. The van der Waals surface area contributed by atoms with E-state index in [1.165, 1.54) is 0 Å². The number of rotatable bonds is 8. The molecule has 0 aliphatic carbocycles. The van der Waals surface area contributed by atoms with Crippen molar-refractivity contribution >= 4 is 11.8 Å². The predicted molar refractivity (Wildman–Crippen MR) is 114 cm³/mol. The molecule has 1 heterocycles. The Balaban J connectivity index is 1.25. The third-order valence-electron chi connectivity index (χ3n) is 4.48. The van der Waals surface area contributed by atoms with E-state index in [9.17, 15) is 9.59 Å². The molecule has 6 nitrogen and oxygen atoms in total. The molecule has 3 aromatic carbocycles. The molecule has 0 spiro atoms. The quantitative estimate of drug-likeness (QED) is 0.308. The molecule has 0 N–H and O–H groups in total. The standard InChI is InChI=1S/C25H19NO5/c27-24(30-16-23-26-15-22(31-23)18-7-3-1-4-8-18)17-29-21-13-11-20(12-14-21)25(28)19-9-5-2-6-10-19/h1-15H,16-17H2. The summed E-state index contributed by atoms with van der Waals surface area (Å²) in [6, 6.07) is 25.2. The van der Waals surface area contributed by atoms with Gasteiger partial charge in [-0.3, -0.25) is 4.79 Å². The largest absolute Gasteiger partial charge is 0.482 e. The van der Waals surface area contributed by atoms with Crippen LogP contribution in [0.4, 0.5) is 0 Å². The van der Waals surface area contributed by atoms with Crippen LogP contribution in [0.25, 0.3) is 11.3 Å². The molecule has 4 rings (SSSR count). The van der Waals surface area contributed by atoms with Crippen LogP contribution in [0.5, 0.6) is 5.75 Å². The Kier molecular flexibility index (Phi) is 6.18. The van der Waals surface area contributed by atoms with Crippen LogP contribution < -0.4 is 4.74 Å². The van der Waals surface area contributed by atoms with Crippen molar-refractivity contribution in [3.63, 3.8) is 0 Å². The number of hydrogen-bond donors (Lipinski definition) is 0. The van der Waals surface area contributed by atoms with E-state index in [2.05, 4.69) is 4.98 Å². The molecule has 0 saturated carbocycles. The Hall–Kier alpha value is -4.19. The minimum absolute atomic E-state index is 0.0765. The number of nitrogens with zero attached hydrogens (tertiary/aromatic N) is 1. The van der Waals surface area contributed by atoms with Crippen molar-refractivity contribution in [3.8, 4) is 17.1 Å². The molecule has 0 aliphatic heterocycles. The van der Waals surface area contributed by atoms with Crippen molar-refractivity contribution in [2.45, 2.75) is 6.61 Å². The molecule has 1 aromatic heterocycles. The van der Waals surface area contributed by atoms with Crippen molar-refractivity contribution in [2.24, 2.45) is 0 Å². The first-order valence-corrected chi connectivity index (χ1v) is 9.67. The Morgan fingerprint density at radius 1 is 0.806 bits per heavy atom. The van der Waals surface area contributed by atoms with Crippen LogP contribution in [0.1, 0.15) is 21.8 Å². The SMILES string of the molecule is O=C(COc1ccc(C(=O)c2ccccc2)cc1)OCc1ncc(-c2ccccc2)o1. The molecule has 0 bridgehead atoms. The molecule has 0 aliphatic rings. The smallest absolute Gasteiger partial charge is 0.344 e. The van der Waals surface area contributed by atoms with Gasteiger partial charge < -0.3 is 13.9 Å². The Labute approximate surface area is 179 Å². The van der Waals surface area contributed by atoms with Gasteiger partial charge in [0, 0.05) is 16.7 Å². The number of esters is 1. The molecular formula is C25H19NO5. The topological polar surface area (TPSA) is 78.6 Å². The normalized spacial score (nSPS) is 10.5. The Morgan fingerprint density at radius 2 is 1.45 bits per heavy atom. The highest BCUT2D eigenvalue weighted by Gasteiger charge is 2.11. The van der Waals surface area contributed by atoms with Gasteiger partial charge in [-0.1, -0.05) is 60.7 Å². The lowest BCUT2D eigenvalue weighted by atomic mass is 10.0. The maximum Gasteiger partial charge on any atom is 0.344 e. The van der Waals surface area contributed by atoms with E-state index >= 15 is 0 Å². The van der Waals surface area contributed by atoms with E-state index in [4.69, 9.17) is 13.9 Å². The van der Waals surface area contributed by atoms with Gasteiger partial charge in [0.15, 0.2) is 24.8 Å². The number of hydrogen-bond acceptors (Lipinski definition) is 6. The average molecular weight is 413 g/mol. The molecule has 0 amide bonds. The van der Waals surface area contributed by atoms with E-state index in [1.54, 1.807) is 42.6 Å². The van der Waals surface area contributed by atoms with Gasteiger partial charge in [-0.2, -0.15) is 0 Å². The number of aromatic nitrogens is 1. The van der Waals surface area contributed by atoms with E-state index < -0.39 is 5.97 Å². The zero-order valence-corrected chi connectivity index (χ0v) is 16.6. The number of carbonyl (C=O) groups excluding carboxylic acids is 2. The molecule has 31 heavy (non-hydrogen) atoms. The van der Waals surface area contributed by atoms with Crippen molar-refractivity contribution in [1.82, 2.24) is 4.98 Å². The van der Waals surface area contributed by atoms with Gasteiger partial charge in [-0.25, -0.2) is 9.78 Å². The first kappa shape index (κ1) is 20.1. The molecule has 0 saturated heterocycles. The first-order valence-electron chi connectivity index (χ1n) is 9.67. The molecule has 0 radical (unpaired) electrons. The van der Waals surface area contributed by atoms with Gasteiger partial charge in [0.05, 0.1) is 6.20 Å². The lowest BCUT2D eigenvalue weighted by Crippen LogP contribution is -2.14. The molecule has 0 unspecified atom stereocenters. The number of benzene rings is 3. The summed E-state index contributed by atoms with van der Waals surface area (Å²) in [5.41, 5.74) is 2.05. The first-order chi connectivity index (χ1) is 15.2. The lowest BCUT2D eigenvalue weighted by molar-refractivity contribution is -0.148. The summed E-state index contributed by atoms with van der Waals surface area (Å²) in [5.74, 6) is 0.740. The van der Waals surface area contributed by atoms with Crippen LogP contribution >= 0.6 is 0 Å². The maximum atomic E-state index is 12.4. The zero-order chi connectivity index (χ0) is 21.5. The Bertz CT molecular complexity index is 1150. The number of oxazole rings is 1. The van der Waals surface area contributed by atoms with Gasteiger partial charge in [-0.05, 0) is 24.3 Å². The van der Waals surface area contributed by atoms with E-state index in [1.807, 2.05) is 48.5 Å². The second-order valence-electron chi connectivity index (χ2n) is 6.65. The van der Waals surface area contributed by atoms with Crippen molar-refractivity contribution < 1.29 is 23.5 Å². The molecule has 0 fully saturated rings. The zero-order valence-electron chi connectivity index (χ0n) is 16.6. The third kappa shape index (κ3) is 5.25. The fourth-order valence-electron chi connectivity index (χ4n) is 2.90. The van der Waals surface area contributed by atoms with Gasteiger partial charge in [0.25, 0.3) is 0 Å². The number of ether oxygens (including phenoxy) is 2. The van der Waals surface area contributed by atoms with Crippen molar-refractivity contribution in [1.29, 1.82) is 0 Å². The van der Waals surface area contributed by atoms with Gasteiger partial charge in [0.2, 0.25) is 5.89 Å². The van der Waals surface area contributed by atoms with Crippen LogP contribution in [0.15, 0.2) is 95.5 Å². The van der Waals surface area contributed by atoms with Crippen molar-refractivity contribution in [2.75, 3.05) is 6.61 Å². The summed E-state index contributed by atoms with van der Waals surface area (Å²) in [6.45, 7) is -0.349. The minimum Gasteiger partial charge on any atom is -0.482 e. The third-order valence-corrected chi connectivity index (χ3v) is 4.48. The van der Waals surface area contributed by atoms with Gasteiger partial charge >= 0.3 is 5.97 Å². The fraction of sp³-hybridized carbons (Fsp3) is 0.0800. The van der Waals surface area contributed by atoms with Crippen molar-refractivity contribution in [3.05, 3.63) is 108 Å².